The summed E-state index contributed by atoms with van der Waals surface area (Å²) in [5, 5.41) is 15.8. The van der Waals surface area contributed by atoms with Crippen LogP contribution in [0.15, 0.2) is 12.3 Å². The lowest BCUT2D eigenvalue weighted by Crippen LogP contribution is -2.55. The molecule has 0 radical (unpaired) electrons. The summed E-state index contributed by atoms with van der Waals surface area (Å²) in [5.74, 6) is -1.06. The van der Waals surface area contributed by atoms with Crippen molar-refractivity contribution in [3.8, 4) is 0 Å². The summed E-state index contributed by atoms with van der Waals surface area (Å²) in [6.45, 7) is 0.904. The van der Waals surface area contributed by atoms with Crippen LogP contribution in [0, 0.1) is 0 Å². The predicted molar refractivity (Wildman–Crippen MR) is 64.4 cm³/mol. The van der Waals surface area contributed by atoms with E-state index in [0.717, 1.165) is 5.69 Å². The molecule has 1 aromatic rings. The Kier molecular flexibility index (Phi) is 4.00. The van der Waals surface area contributed by atoms with Crippen molar-refractivity contribution in [1.82, 2.24) is 20.0 Å². The van der Waals surface area contributed by atoms with Gasteiger partial charge in [-0.05, 0) is 6.07 Å². The maximum Gasteiger partial charge on any atom is 0.328 e. The maximum atomic E-state index is 12.0. The Morgan fingerprint density at radius 1 is 1.63 bits per heavy atom. The van der Waals surface area contributed by atoms with E-state index in [9.17, 15) is 9.59 Å². The van der Waals surface area contributed by atoms with Crippen molar-refractivity contribution in [1.29, 1.82) is 0 Å². The first-order valence-electron chi connectivity index (χ1n) is 5.91. The quantitative estimate of drug-likeness (QED) is 0.764. The average molecular weight is 268 g/mol. The number of rotatable bonds is 3. The van der Waals surface area contributed by atoms with Gasteiger partial charge in [-0.25, -0.2) is 9.59 Å². The molecule has 2 N–H and O–H groups in total. The smallest absolute Gasteiger partial charge is 0.328 e. The number of carbonyl (C=O) groups excluding carboxylic acids is 1. The Bertz CT molecular complexity index is 473. The van der Waals surface area contributed by atoms with Gasteiger partial charge in [-0.1, -0.05) is 0 Å². The van der Waals surface area contributed by atoms with Gasteiger partial charge in [0.15, 0.2) is 6.04 Å². The van der Waals surface area contributed by atoms with Crippen LogP contribution >= 0.6 is 0 Å². The fraction of sp³-hybridized carbons (Fsp3) is 0.545. The molecular formula is C11H16N4O4. The second-order valence-electron chi connectivity index (χ2n) is 4.26. The molecule has 1 aromatic heterocycles. The first-order valence-corrected chi connectivity index (χ1v) is 5.91. The van der Waals surface area contributed by atoms with Gasteiger partial charge in [0.05, 0.1) is 25.5 Å². The molecule has 1 saturated heterocycles. The zero-order valence-corrected chi connectivity index (χ0v) is 10.6. The number of nitrogens with one attached hydrogen (secondary N) is 1. The molecule has 1 unspecified atom stereocenters. The number of aromatic nitrogens is 2. The van der Waals surface area contributed by atoms with E-state index in [1.807, 2.05) is 0 Å². The van der Waals surface area contributed by atoms with Crippen molar-refractivity contribution in [2.24, 2.45) is 7.05 Å². The Hall–Kier alpha value is -2.09. The number of amides is 2. The highest BCUT2D eigenvalue weighted by molar-refractivity contribution is 5.82. The summed E-state index contributed by atoms with van der Waals surface area (Å²) in [6, 6.07) is 0.438. The Balaban J connectivity index is 1.92. The second-order valence-corrected chi connectivity index (χ2v) is 4.26. The van der Waals surface area contributed by atoms with Gasteiger partial charge in [0.1, 0.15) is 0 Å². The van der Waals surface area contributed by atoms with Crippen LogP contribution in [-0.2, 0) is 23.1 Å². The van der Waals surface area contributed by atoms with Crippen molar-refractivity contribution >= 4 is 12.0 Å². The lowest BCUT2D eigenvalue weighted by Gasteiger charge is -2.32. The molecule has 0 aromatic carbocycles. The summed E-state index contributed by atoms with van der Waals surface area (Å²) in [7, 11) is 1.79. The highest BCUT2D eigenvalue weighted by Crippen LogP contribution is 2.07. The molecule has 1 aliphatic heterocycles. The molecule has 2 amide bonds. The minimum Gasteiger partial charge on any atom is -0.480 e. The number of nitrogens with zero attached hydrogens (tertiary/aromatic N) is 3. The average Bonchev–Trinajstić information content (AvgIpc) is 2.81. The van der Waals surface area contributed by atoms with Crippen molar-refractivity contribution in [3.05, 3.63) is 18.0 Å². The lowest BCUT2D eigenvalue weighted by molar-refractivity contribution is -0.147. The standard InChI is InChI=1S/C11H16N4O4/c1-14-3-2-8(13-14)6-12-11(18)15-4-5-19-7-9(15)10(16)17/h2-3,9H,4-7H2,1H3,(H,12,18)(H,16,17). The summed E-state index contributed by atoms with van der Waals surface area (Å²) >= 11 is 0. The molecule has 1 fully saturated rings. The van der Waals surface area contributed by atoms with Gasteiger partial charge in [-0.15, -0.1) is 0 Å². The Morgan fingerprint density at radius 3 is 3.05 bits per heavy atom. The summed E-state index contributed by atoms with van der Waals surface area (Å²) < 4.78 is 6.71. The van der Waals surface area contributed by atoms with Gasteiger partial charge < -0.3 is 20.1 Å². The molecule has 2 heterocycles. The van der Waals surface area contributed by atoms with E-state index < -0.39 is 18.0 Å². The molecular weight excluding hydrogens is 252 g/mol. The molecule has 0 bridgehead atoms. The highest BCUT2D eigenvalue weighted by Gasteiger charge is 2.32. The fourth-order valence-corrected chi connectivity index (χ4v) is 1.88. The minimum absolute atomic E-state index is 0.0202. The number of carboxylic acid groups (broad SMARTS) is 1. The zero-order chi connectivity index (χ0) is 13.8. The normalized spacial score (nSPS) is 19.2. The highest BCUT2D eigenvalue weighted by atomic mass is 16.5. The van der Waals surface area contributed by atoms with Crippen molar-refractivity contribution < 1.29 is 19.4 Å². The zero-order valence-electron chi connectivity index (χ0n) is 10.6. The maximum absolute atomic E-state index is 12.0. The van der Waals surface area contributed by atoms with Gasteiger partial charge in [0, 0.05) is 19.8 Å². The Morgan fingerprint density at radius 2 is 2.42 bits per heavy atom. The largest absolute Gasteiger partial charge is 0.480 e. The predicted octanol–water partition coefficient (Wildman–Crippen LogP) is -0.585. The van der Waals surface area contributed by atoms with Gasteiger partial charge in [0.2, 0.25) is 0 Å². The van der Waals surface area contributed by atoms with Crippen LogP contribution in [-0.4, -0.2) is 57.6 Å². The van der Waals surface area contributed by atoms with E-state index in [1.54, 1.807) is 24.0 Å². The first kappa shape index (κ1) is 13.3. The molecule has 0 saturated carbocycles. The SMILES string of the molecule is Cn1ccc(CNC(=O)N2CCOCC2C(=O)O)n1. The van der Waals surface area contributed by atoms with Crippen molar-refractivity contribution in [2.45, 2.75) is 12.6 Å². The van der Waals surface area contributed by atoms with Crippen LogP contribution in [0.1, 0.15) is 5.69 Å². The molecule has 1 aliphatic rings. The van der Waals surface area contributed by atoms with Gasteiger partial charge in [-0.2, -0.15) is 5.10 Å². The Labute approximate surface area is 109 Å². The summed E-state index contributed by atoms with van der Waals surface area (Å²) in [6.07, 6.45) is 1.77. The van der Waals surface area contributed by atoms with E-state index in [0.29, 0.717) is 6.61 Å². The van der Waals surface area contributed by atoms with Crippen LogP contribution in [0.5, 0.6) is 0 Å². The monoisotopic (exact) mass is 268 g/mol. The third-order valence-corrected chi connectivity index (χ3v) is 2.86. The number of carbonyl (C=O) groups is 2. The van der Waals surface area contributed by atoms with Crippen LogP contribution in [0.25, 0.3) is 0 Å². The first-order chi connectivity index (χ1) is 9.08. The molecule has 2 rings (SSSR count). The third-order valence-electron chi connectivity index (χ3n) is 2.86. The molecule has 1 atom stereocenters. The van der Waals surface area contributed by atoms with E-state index >= 15 is 0 Å². The van der Waals surface area contributed by atoms with Crippen molar-refractivity contribution in [3.63, 3.8) is 0 Å². The number of hydrogen-bond acceptors (Lipinski definition) is 4. The minimum atomic E-state index is -1.06. The molecule has 8 nitrogen and oxygen atoms in total. The number of aliphatic carboxylic acids is 1. The van der Waals surface area contributed by atoms with Crippen LogP contribution in [0.4, 0.5) is 4.79 Å². The summed E-state index contributed by atoms with van der Waals surface area (Å²) in [5.41, 5.74) is 0.719. The summed E-state index contributed by atoms with van der Waals surface area (Å²) in [4.78, 5) is 24.3. The number of hydrogen-bond donors (Lipinski definition) is 2. The van der Waals surface area contributed by atoms with Crippen LogP contribution < -0.4 is 5.32 Å². The number of ether oxygens (including phenoxy) is 1. The molecule has 104 valence electrons. The van der Waals surface area contributed by atoms with Gasteiger partial charge in [0.25, 0.3) is 0 Å². The second kappa shape index (κ2) is 5.70. The van der Waals surface area contributed by atoms with E-state index in [4.69, 9.17) is 9.84 Å². The number of urea groups is 1. The molecule has 8 heteroatoms. The third kappa shape index (κ3) is 3.22. The van der Waals surface area contributed by atoms with Gasteiger partial charge in [-0.3, -0.25) is 4.68 Å². The molecule has 19 heavy (non-hydrogen) atoms. The van der Waals surface area contributed by atoms with Crippen LogP contribution in [0.3, 0.4) is 0 Å². The molecule has 0 spiro atoms. The van der Waals surface area contributed by atoms with E-state index in [2.05, 4.69) is 10.4 Å². The van der Waals surface area contributed by atoms with Crippen LogP contribution in [0.2, 0.25) is 0 Å². The van der Waals surface area contributed by atoms with Gasteiger partial charge >= 0.3 is 12.0 Å². The lowest BCUT2D eigenvalue weighted by atomic mass is 10.2. The van der Waals surface area contributed by atoms with E-state index in [-0.39, 0.29) is 19.7 Å². The number of aryl methyl sites for hydroxylation is 1. The number of carboxylic acids is 1. The van der Waals surface area contributed by atoms with Crippen molar-refractivity contribution in [2.75, 3.05) is 19.8 Å². The molecule has 0 aliphatic carbocycles. The number of morpholine rings is 1. The fourth-order valence-electron chi connectivity index (χ4n) is 1.88. The topological polar surface area (TPSA) is 96.7 Å². The van der Waals surface area contributed by atoms with E-state index in [1.165, 1.54) is 4.90 Å².